The van der Waals surface area contributed by atoms with Crippen LogP contribution in [0.25, 0.3) is 0 Å². The zero-order chi connectivity index (χ0) is 21.0. The van der Waals surface area contributed by atoms with Gasteiger partial charge in [0.05, 0.1) is 12.1 Å². The van der Waals surface area contributed by atoms with E-state index in [1.807, 2.05) is 12.1 Å². The second kappa shape index (κ2) is 12.1. The number of azo groups is 1. The lowest BCUT2D eigenvalue weighted by Crippen LogP contribution is -2.17. The summed E-state index contributed by atoms with van der Waals surface area (Å²) in [4.78, 5) is 0. The van der Waals surface area contributed by atoms with Crippen LogP contribution in [0.15, 0.2) is 34.5 Å². The average Bonchev–Trinajstić information content (AvgIpc) is 2.62. The lowest BCUT2D eigenvalue weighted by molar-refractivity contribution is -0.176. The van der Waals surface area contributed by atoms with Gasteiger partial charge in [-0.1, -0.05) is 52.0 Å². The minimum Gasteiger partial charge on any atom is -0.255 e. The smallest absolute Gasteiger partial charge is 0.162 e. The fourth-order valence-electron chi connectivity index (χ4n) is 1.86. The Kier molecular flexibility index (Phi) is 12.1. The molecule has 26 heavy (non-hydrogen) atoms. The molecule has 0 radical (unpaired) electrons. The molecule has 6 nitrogen and oxygen atoms in total. The van der Waals surface area contributed by atoms with Crippen molar-refractivity contribution in [3.05, 3.63) is 35.4 Å². The van der Waals surface area contributed by atoms with Crippen molar-refractivity contribution in [3.8, 4) is 12.1 Å². The molecule has 2 N–H and O–H groups in total. The van der Waals surface area contributed by atoms with Crippen molar-refractivity contribution < 1.29 is 10.5 Å². The fraction of sp³-hybridized carbons (Fsp3) is 0.600. The summed E-state index contributed by atoms with van der Waals surface area (Å²) in [5, 5.41) is 36.7. The Morgan fingerprint density at radius 2 is 1.04 bits per heavy atom. The Bertz CT molecular complexity index is 581. The molecule has 0 aliphatic rings. The van der Waals surface area contributed by atoms with E-state index in [4.69, 9.17) is 21.0 Å². The Morgan fingerprint density at radius 3 is 1.23 bits per heavy atom. The molecule has 0 fully saturated rings. The Balaban J connectivity index is 0. The highest BCUT2D eigenvalue weighted by atomic mass is 17.0. The number of rotatable bonds is 4. The highest BCUT2D eigenvalue weighted by Crippen LogP contribution is 2.25. The van der Waals surface area contributed by atoms with Crippen molar-refractivity contribution >= 4 is 0 Å². The van der Waals surface area contributed by atoms with Gasteiger partial charge in [-0.2, -0.15) is 20.8 Å². The Morgan fingerprint density at radius 1 is 0.769 bits per heavy atom. The van der Waals surface area contributed by atoms with Crippen molar-refractivity contribution in [1.29, 1.82) is 10.5 Å². The molecule has 0 amide bonds. The zero-order valence-corrected chi connectivity index (χ0v) is 17.1. The van der Waals surface area contributed by atoms with Crippen LogP contribution in [0.2, 0.25) is 0 Å². The van der Waals surface area contributed by atoms with Gasteiger partial charge in [0.1, 0.15) is 0 Å². The molecule has 6 heteroatoms. The quantitative estimate of drug-likeness (QED) is 0.390. The van der Waals surface area contributed by atoms with Gasteiger partial charge < -0.3 is 0 Å². The molecular formula is C20H32N4O2. The third kappa shape index (κ3) is 10.6. The van der Waals surface area contributed by atoms with Crippen LogP contribution >= 0.6 is 0 Å². The molecule has 0 bridgehead atoms. The van der Waals surface area contributed by atoms with Crippen LogP contribution in [0, 0.1) is 22.7 Å². The molecule has 0 atom stereocenters. The molecule has 0 aliphatic heterocycles. The SMILES string of the molecule is CC(C)(C#N)N=NC(C)(C)C#N.CC(C)c1ccccc1C(C)C.OO. The van der Waals surface area contributed by atoms with E-state index in [-0.39, 0.29) is 0 Å². The maximum Gasteiger partial charge on any atom is 0.162 e. The van der Waals surface area contributed by atoms with Crippen LogP contribution in [-0.4, -0.2) is 21.6 Å². The summed E-state index contributed by atoms with van der Waals surface area (Å²) >= 11 is 0. The third-order valence-corrected chi connectivity index (χ3v) is 3.34. The van der Waals surface area contributed by atoms with Crippen LogP contribution in [-0.2, 0) is 0 Å². The van der Waals surface area contributed by atoms with Crippen LogP contribution in [0.3, 0.4) is 0 Å². The van der Waals surface area contributed by atoms with E-state index in [9.17, 15) is 0 Å². The second-order valence-electron chi connectivity index (χ2n) is 7.48. The molecule has 0 saturated carbocycles. The molecule has 1 aromatic carbocycles. The molecule has 0 heterocycles. The monoisotopic (exact) mass is 360 g/mol. The summed E-state index contributed by atoms with van der Waals surface area (Å²) < 4.78 is 0. The van der Waals surface area contributed by atoms with Crippen LogP contribution < -0.4 is 0 Å². The van der Waals surface area contributed by atoms with E-state index in [0.717, 1.165) is 0 Å². The molecule has 144 valence electrons. The van der Waals surface area contributed by atoms with Crippen LogP contribution in [0.1, 0.15) is 78.4 Å². The number of nitrogens with zero attached hydrogens (tertiary/aromatic N) is 4. The minimum atomic E-state index is -0.839. The van der Waals surface area contributed by atoms with Gasteiger partial charge in [-0.25, -0.2) is 0 Å². The predicted molar refractivity (Wildman–Crippen MR) is 104 cm³/mol. The summed E-state index contributed by atoms with van der Waals surface area (Å²) in [6, 6.07) is 12.7. The van der Waals surface area contributed by atoms with E-state index >= 15 is 0 Å². The van der Waals surface area contributed by atoms with Crippen molar-refractivity contribution in [2.45, 2.75) is 78.3 Å². The van der Waals surface area contributed by atoms with Crippen molar-refractivity contribution in [1.82, 2.24) is 0 Å². The molecule has 0 spiro atoms. The summed E-state index contributed by atoms with van der Waals surface area (Å²) in [5.41, 5.74) is 1.31. The number of hydrogen-bond acceptors (Lipinski definition) is 6. The summed E-state index contributed by atoms with van der Waals surface area (Å²) in [6.07, 6.45) is 0. The highest BCUT2D eigenvalue weighted by Gasteiger charge is 2.19. The van der Waals surface area contributed by atoms with Gasteiger partial charge in [0.2, 0.25) is 0 Å². The van der Waals surface area contributed by atoms with Gasteiger partial charge in [-0.15, -0.1) is 0 Å². The number of hydrogen-bond donors (Lipinski definition) is 2. The highest BCUT2D eigenvalue weighted by molar-refractivity contribution is 5.31. The van der Waals surface area contributed by atoms with Gasteiger partial charge in [-0.05, 0) is 50.7 Å². The lowest BCUT2D eigenvalue weighted by Gasteiger charge is -2.14. The molecule has 0 unspecified atom stereocenters. The van der Waals surface area contributed by atoms with E-state index in [1.165, 1.54) is 11.1 Å². The first kappa shape index (κ1) is 26.0. The standard InChI is InChI=1S/C12H18.C8H12N4.H2O2/c1-9(2)11-7-5-6-8-12(11)10(3)4;1-7(2,5-9)11-12-8(3,4)6-10;1-2/h5-10H,1-4H3;1-4H3;1-2H. The Hall–Kier alpha value is -2.28. The molecule has 0 saturated heterocycles. The molecule has 1 rings (SSSR count). The van der Waals surface area contributed by atoms with Gasteiger partial charge in [0.25, 0.3) is 0 Å². The van der Waals surface area contributed by atoms with Crippen molar-refractivity contribution in [2.75, 3.05) is 0 Å². The maximum absolute atomic E-state index is 8.58. The van der Waals surface area contributed by atoms with Crippen molar-refractivity contribution in [3.63, 3.8) is 0 Å². The summed E-state index contributed by atoms with van der Waals surface area (Å²) in [7, 11) is 0. The first-order valence-electron chi connectivity index (χ1n) is 8.51. The maximum atomic E-state index is 8.58. The first-order valence-corrected chi connectivity index (χ1v) is 8.51. The first-order chi connectivity index (χ1) is 12.0. The topological polar surface area (TPSA) is 113 Å². The van der Waals surface area contributed by atoms with E-state index < -0.39 is 11.1 Å². The van der Waals surface area contributed by atoms with Gasteiger partial charge in [-0.3, -0.25) is 10.5 Å². The lowest BCUT2D eigenvalue weighted by atomic mass is 9.91. The van der Waals surface area contributed by atoms with E-state index in [0.29, 0.717) is 11.8 Å². The molecule has 1 aromatic rings. The molecule has 0 aromatic heterocycles. The largest absolute Gasteiger partial charge is 0.255 e. The number of benzene rings is 1. The van der Waals surface area contributed by atoms with Gasteiger partial charge in [0.15, 0.2) is 11.1 Å². The zero-order valence-electron chi connectivity index (χ0n) is 17.1. The third-order valence-electron chi connectivity index (χ3n) is 3.34. The van der Waals surface area contributed by atoms with Gasteiger partial charge >= 0.3 is 0 Å². The van der Waals surface area contributed by atoms with Crippen molar-refractivity contribution in [2.24, 2.45) is 10.2 Å². The second-order valence-corrected chi connectivity index (χ2v) is 7.48. The normalized spacial score (nSPS) is 11.2. The average molecular weight is 361 g/mol. The van der Waals surface area contributed by atoms with Crippen LogP contribution in [0.5, 0.6) is 0 Å². The Labute approximate surface area is 157 Å². The summed E-state index contributed by atoms with van der Waals surface area (Å²) in [6.45, 7) is 15.6. The van der Waals surface area contributed by atoms with E-state index in [2.05, 4.69) is 62.2 Å². The predicted octanol–water partition coefficient (Wildman–Crippen LogP) is 5.99. The fourth-order valence-corrected chi connectivity index (χ4v) is 1.86. The minimum absolute atomic E-state index is 0.642. The number of nitriles is 2. The molecule has 0 aliphatic carbocycles. The van der Waals surface area contributed by atoms with E-state index in [1.54, 1.807) is 27.7 Å². The van der Waals surface area contributed by atoms with Crippen LogP contribution in [0.4, 0.5) is 0 Å². The van der Waals surface area contributed by atoms with Gasteiger partial charge in [0, 0.05) is 0 Å². The molecular weight excluding hydrogens is 328 g/mol. The summed E-state index contributed by atoms with van der Waals surface area (Å²) in [5.74, 6) is 1.28.